The van der Waals surface area contributed by atoms with Gasteiger partial charge in [-0.1, -0.05) is 46.3 Å². The van der Waals surface area contributed by atoms with Crippen molar-refractivity contribution in [2.75, 3.05) is 6.61 Å². The summed E-state index contributed by atoms with van der Waals surface area (Å²) in [6, 6.07) is 0. The summed E-state index contributed by atoms with van der Waals surface area (Å²) in [5.41, 5.74) is -0.190. The number of aliphatic hydroxyl groups excluding tert-OH is 4. The zero-order valence-electron chi connectivity index (χ0n) is 22.2. The summed E-state index contributed by atoms with van der Waals surface area (Å²) in [5.74, 6) is 0.857. The number of fused-ring (bicyclic) bond motifs is 5. The molecular weight excluding hydrogens is 428 g/mol. The summed E-state index contributed by atoms with van der Waals surface area (Å²) in [7, 11) is 0. The Morgan fingerprint density at radius 2 is 1.62 bits per heavy atom. The molecule has 5 nitrogen and oxygen atoms in total. The van der Waals surface area contributed by atoms with Crippen LogP contribution in [-0.2, 0) is 0 Å². The summed E-state index contributed by atoms with van der Waals surface area (Å²) in [6.07, 6.45) is 5.81. The maximum Gasteiger partial charge on any atom is 0.0763 e. The van der Waals surface area contributed by atoms with E-state index in [-0.39, 0.29) is 59.0 Å². The molecule has 0 unspecified atom stereocenters. The minimum absolute atomic E-state index is 0.0136. The first-order chi connectivity index (χ1) is 15.8. The molecule has 0 saturated heterocycles. The minimum Gasteiger partial charge on any atom is -0.396 e. The first-order valence-corrected chi connectivity index (χ1v) is 13.8. The van der Waals surface area contributed by atoms with Gasteiger partial charge in [-0.05, 0) is 91.8 Å². The quantitative estimate of drug-likeness (QED) is 0.386. The van der Waals surface area contributed by atoms with Gasteiger partial charge in [0.05, 0.1) is 23.9 Å². The second kappa shape index (κ2) is 9.13. The third-order valence-electron chi connectivity index (χ3n) is 11.8. The molecule has 0 spiro atoms. The molecule has 13 atom stereocenters. The summed E-state index contributed by atoms with van der Waals surface area (Å²) in [6.45, 7) is 13.3. The lowest BCUT2D eigenvalue weighted by Crippen LogP contribution is -2.68. The van der Waals surface area contributed by atoms with Crippen LogP contribution in [0.4, 0.5) is 0 Å². The van der Waals surface area contributed by atoms with E-state index in [1.54, 1.807) is 0 Å². The summed E-state index contributed by atoms with van der Waals surface area (Å²) in [5, 5.41) is 55.0. The van der Waals surface area contributed by atoms with E-state index >= 15 is 0 Å². The second-order valence-electron chi connectivity index (χ2n) is 13.5. The van der Waals surface area contributed by atoms with Gasteiger partial charge in [-0.2, -0.15) is 0 Å². The highest BCUT2D eigenvalue weighted by molar-refractivity contribution is 5.21. The standard InChI is InChI=1S/C29H50O5/c1-16(19(4)18(3)15-30)11-17(2)21-13-23(32)26-28(21,6)10-8-25-27(5)9-7-20(31)12-22(27)24(33)14-29(25,26)34/h11,17-26,30-34H,7-10,12-15H2,1-6H3/b16-11+/t17-,18+,19+,20+,21-,22-,23-,24+,25-,26-,27+,28-,29+/m1/s1. The van der Waals surface area contributed by atoms with Gasteiger partial charge >= 0.3 is 0 Å². The van der Waals surface area contributed by atoms with Crippen LogP contribution in [0, 0.1) is 52.3 Å². The molecule has 196 valence electrons. The Labute approximate surface area is 206 Å². The van der Waals surface area contributed by atoms with Crippen LogP contribution in [0.15, 0.2) is 11.6 Å². The van der Waals surface area contributed by atoms with Gasteiger partial charge in [0, 0.05) is 18.9 Å². The number of allylic oxidation sites excluding steroid dienone is 2. The van der Waals surface area contributed by atoms with Crippen LogP contribution in [0.3, 0.4) is 0 Å². The first kappa shape index (κ1) is 26.6. The summed E-state index contributed by atoms with van der Waals surface area (Å²) >= 11 is 0. The van der Waals surface area contributed by atoms with E-state index in [1.165, 1.54) is 5.57 Å². The van der Waals surface area contributed by atoms with Gasteiger partial charge < -0.3 is 25.5 Å². The average molecular weight is 479 g/mol. The molecule has 0 aromatic rings. The Bertz CT molecular complexity index is 782. The molecular formula is C29H50O5. The Balaban J connectivity index is 1.64. The molecule has 5 heteroatoms. The highest BCUT2D eigenvalue weighted by Crippen LogP contribution is 2.69. The molecule has 0 aromatic carbocycles. The number of hydrogen-bond acceptors (Lipinski definition) is 5. The number of rotatable bonds is 5. The van der Waals surface area contributed by atoms with E-state index in [1.807, 2.05) is 0 Å². The number of hydrogen-bond donors (Lipinski definition) is 5. The second-order valence-corrected chi connectivity index (χ2v) is 13.5. The third-order valence-corrected chi connectivity index (χ3v) is 11.8. The monoisotopic (exact) mass is 478 g/mol. The highest BCUT2D eigenvalue weighted by Gasteiger charge is 2.70. The zero-order chi connectivity index (χ0) is 25.2. The number of aliphatic hydroxyl groups is 5. The smallest absolute Gasteiger partial charge is 0.0763 e. The van der Waals surface area contributed by atoms with Crippen molar-refractivity contribution in [3.05, 3.63) is 11.6 Å². The van der Waals surface area contributed by atoms with E-state index in [4.69, 9.17) is 0 Å². The molecule has 4 rings (SSSR count). The van der Waals surface area contributed by atoms with E-state index in [9.17, 15) is 25.5 Å². The van der Waals surface area contributed by atoms with Gasteiger partial charge in [0.25, 0.3) is 0 Å². The maximum atomic E-state index is 12.4. The van der Waals surface area contributed by atoms with Gasteiger partial charge in [0.15, 0.2) is 0 Å². The average Bonchev–Trinajstić information content (AvgIpc) is 3.05. The van der Waals surface area contributed by atoms with Crippen LogP contribution in [-0.4, -0.2) is 56.1 Å². The molecule has 0 bridgehead atoms. The lowest BCUT2D eigenvalue weighted by molar-refractivity contribution is -0.263. The molecule has 0 heterocycles. The van der Waals surface area contributed by atoms with Gasteiger partial charge in [-0.15, -0.1) is 0 Å². The molecule has 4 saturated carbocycles. The van der Waals surface area contributed by atoms with Crippen molar-refractivity contribution in [3.8, 4) is 0 Å². The normalized spacial score (nSPS) is 51.7. The predicted octanol–water partition coefficient (Wildman–Crippen LogP) is 3.91. The van der Waals surface area contributed by atoms with Gasteiger partial charge in [-0.25, -0.2) is 0 Å². The zero-order valence-corrected chi connectivity index (χ0v) is 22.2. The third kappa shape index (κ3) is 3.93. The molecule has 4 fully saturated rings. The van der Waals surface area contributed by atoms with Crippen LogP contribution in [0.25, 0.3) is 0 Å². The molecule has 0 amide bonds. The SMILES string of the molecule is C/C(=C\[C@@H](C)[C@H]1C[C@@H](O)[C@@H]2[C@]1(C)CC[C@@H]1[C@@]3(C)CC[C@H](O)C[C@@H]3[C@@H](O)C[C@]12O)[C@H](C)[C@@H](C)CO. The molecule has 0 aromatic heterocycles. The minimum atomic E-state index is -1.08. The fourth-order valence-corrected chi connectivity index (χ4v) is 9.63. The Hall–Kier alpha value is -0.460. The molecule has 0 radical (unpaired) electrons. The van der Waals surface area contributed by atoms with Crippen molar-refractivity contribution in [3.63, 3.8) is 0 Å². The van der Waals surface area contributed by atoms with Crippen molar-refractivity contribution < 1.29 is 25.5 Å². The van der Waals surface area contributed by atoms with E-state index in [2.05, 4.69) is 47.6 Å². The van der Waals surface area contributed by atoms with Crippen LogP contribution in [0.2, 0.25) is 0 Å². The van der Waals surface area contributed by atoms with Crippen molar-refractivity contribution in [2.45, 2.75) is 110 Å². The fraction of sp³-hybridized carbons (Fsp3) is 0.931. The van der Waals surface area contributed by atoms with E-state index in [0.717, 1.165) is 25.7 Å². The van der Waals surface area contributed by atoms with E-state index in [0.29, 0.717) is 25.2 Å². The summed E-state index contributed by atoms with van der Waals surface area (Å²) < 4.78 is 0. The predicted molar refractivity (Wildman–Crippen MR) is 134 cm³/mol. The lowest BCUT2D eigenvalue weighted by Gasteiger charge is -2.66. The van der Waals surface area contributed by atoms with Crippen molar-refractivity contribution in [2.24, 2.45) is 52.3 Å². The van der Waals surface area contributed by atoms with Crippen LogP contribution < -0.4 is 0 Å². The maximum absolute atomic E-state index is 12.4. The molecule has 5 N–H and O–H groups in total. The molecule has 4 aliphatic carbocycles. The molecule has 0 aliphatic heterocycles. The molecule has 4 aliphatic rings. The van der Waals surface area contributed by atoms with E-state index < -0.39 is 17.8 Å². The van der Waals surface area contributed by atoms with Crippen molar-refractivity contribution in [1.82, 2.24) is 0 Å². The first-order valence-electron chi connectivity index (χ1n) is 13.8. The van der Waals surface area contributed by atoms with Gasteiger partial charge in [0.1, 0.15) is 0 Å². The Morgan fingerprint density at radius 1 is 0.971 bits per heavy atom. The molecule has 34 heavy (non-hydrogen) atoms. The Kier molecular flexibility index (Phi) is 7.14. The highest BCUT2D eigenvalue weighted by atomic mass is 16.3. The lowest BCUT2D eigenvalue weighted by atomic mass is 9.42. The van der Waals surface area contributed by atoms with Gasteiger partial charge in [-0.3, -0.25) is 0 Å². The van der Waals surface area contributed by atoms with Crippen LogP contribution in [0.5, 0.6) is 0 Å². The fourth-order valence-electron chi connectivity index (χ4n) is 9.63. The largest absolute Gasteiger partial charge is 0.396 e. The van der Waals surface area contributed by atoms with Crippen LogP contribution >= 0.6 is 0 Å². The summed E-state index contributed by atoms with van der Waals surface area (Å²) in [4.78, 5) is 0. The van der Waals surface area contributed by atoms with Gasteiger partial charge in [0.2, 0.25) is 0 Å². The van der Waals surface area contributed by atoms with Crippen molar-refractivity contribution >= 4 is 0 Å². The van der Waals surface area contributed by atoms with Crippen molar-refractivity contribution in [1.29, 1.82) is 0 Å². The Morgan fingerprint density at radius 3 is 2.26 bits per heavy atom. The topological polar surface area (TPSA) is 101 Å². The van der Waals surface area contributed by atoms with Crippen LogP contribution in [0.1, 0.15) is 86.5 Å².